The minimum absolute atomic E-state index is 0.717. The summed E-state index contributed by atoms with van der Waals surface area (Å²) in [5.74, 6) is 0.856. The lowest BCUT2D eigenvalue weighted by Crippen LogP contribution is -2.36. The highest BCUT2D eigenvalue weighted by atomic mass is 32.1. The molecule has 0 atom stereocenters. The van der Waals surface area contributed by atoms with Crippen LogP contribution >= 0.6 is 22.7 Å². The summed E-state index contributed by atoms with van der Waals surface area (Å²) in [5.41, 5.74) is 1.11. The zero-order valence-electron chi connectivity index (χ0n) is 13.0. The van der Waals surface area contributed by atoms with Gasteiger partial charge in [0.1, 0.15) is 0 Å². The molecule has 114 valence electrons. The van der Waals surface area contributed by atoms with Gasteiger partial charge in [-0.25, -0.2) is 9.98 Å². The number of hydrogen-bond donors (Lipinski definition) is 2. The van der Waals surface area contributed by atoms with Crippen molar-refractivity contribution in [1.82, 2.24) is 15.6 Å². The smallest absolute Gasteiger partial charge is 0.191 e. The van der Waals surface area contributed by atoms with E-state index in [1.54, 1.807) is 22.7 Å². The molecular formula is C15H22N4S2. The summed E-state index contributed by atoms with van der Waals surface area (Å²) in [6.45, 7) is 10.6. The van der Waals surface area contributed by atoms with E-state index in [0.717, 1.165) is 29.8 Å². The summed E-state index contributed by atoms with van der Waals surface area (Å²) >= 11 is 3.54. The molecule has 0 amide bonds. The highest BCUT2D eigenvalue weighted by Gasteiger charge is 2.06. The Morgan fingerprint density at radius 1 is 1.19 bits per heavy atom. The second kappa shape index (κ2) is 7.56. The van der Waals surface area contributed by atoms with E-state index in [-0.39, 0.29) is 0 Å². The molecule has 0 spiro atoms. The van der Waals surface area contributed by atoms with Crippen LogP contribution in [0.5, 0.6) is 0 Å². The van der Waals surface area contributed by atoms with Gasteiger partial charge in [-0.2, -0.15) is 0 Å². The minimum atomic E-state index is 0.717. The van der Waals surface area contributed by atoms with E-state index in [1.807, 2.05) is 6.92 Å². The number of thiophene rings is 1. The van der Waals surface area contributed by atoms with Crippen molar-refractivity contribution in [3.05, 3.63) is 37.5 Å². The molecule has 0 fully saturated rings. The first-order valence-corrected chi connectivity index (χ1v) is 8.72. The van der Waals surface area contributed by atoms with E-state index in [2.05, 4.69) is 53.5 Å². The molecule has 0 bridgehead atoms. The molecule has 0 radical (unpaired) electrons. The fraction of sp³-hybridized carbons (Fsp3) is 0.467. The molecule has 2 rings (SSSR count). The van der Waals surface area contributed by atoms with E-state index in [1.165, 1.54) is 14.6 Å². The molecule has 2 aromatic rings. The van der Waals surface area contributed by atoms with Gasteiger partial charge < -0.3 is 10.6 Å². The number of aryl methyl sites for hydroxylation is 3. The van der Waals surface area contributed by atoms with Gasteiger partial charge in [0.25, 0.3) is 0 Å². The molecule has 0 aliphatic rings. The molecule has 0 unspecified atom stereocenters. The monoisotopic (exact) mass is 322 g/mol. The Hall–Kier alpha value is -1.40. The summed E-state index contributed by atoms with van der Waals surface area (Å²) < 4.78 is 0. The van der Waals surface area contributed by atoms with Gasteiger partial charge in [0.05, 0.1) is 23.8 Å². The van der Waals surface area contributed by atoms with E-state index >= 15 is 0 Å². The molecule has 0 saturated heterocycles. The quantitative estimate of drug-likeness (QED) is 0.655. The zero-order chi connectivity index (χ0) is 15.2. The fourth-order valence-corrected chi connectivity index (χ4v) is 3.66. The molecule has 21 heavy (non-hydrogen) atoms. The topological polar surface area (TPSA) is 49.3 Å². The summed E-state index contributed by atoms with van der Waals surface area (Å²) in [5, 5.41) is 7.78. The highest BCUT2D eigenvalue weighted by molar-refractivity contribution is 7.12. The largest absolute Gasteiger partial charge is 0.357 e. The SMILES string of the molecule is CCNC(=NCc1ccc(C)s1)NCc1sc(C)nc1C. The number of aliphatic imine (C=N–C) groups is 1. The normalized spacial score (nSPS) is 11.7. The van der Waals surface area contributed by atoms with Crippen LogP contribution in [0.2, 0.25) is 0 Å². The lowest BCUT2D eigenvalue weighted by molar-refractivity contribution is 0.820. The van der Waals surface area contributed by atoms with Crippen molar-refractivity contribution in [1.29, 1.82) is 0 Å². The highest BCUT2D eigenvalue weighted by Crippen LogP contribution is 2.17. The van der Waals surface area contributed by atoms with Crippen LogP contribution in [0.15, 0.2) is 17.1 Å². The van der Waals surface area contributed by atoms with Crippen molar-refractivity contribution >= 4 is 28.6 Å². The second-order valence-electron chi connectivity index (χ2n) is 4.80. The van der Waals surface area contributed by atoms with Gasteiger partial charge in [0.15, 0.2) is 5.96 Å². The van der Waals surface area contributed by atoms with E-state index in [4.69, 9.17) is 0 Å². The molecule has 0 saturated carbocycles. The standard InChI is InChI=1S/C15H22N4S2/c1-5-16-15(17-8-13-7-6-10(2)20-13)18-9-14-11(3)19-12(4)21-14/h6-7H,5,8-9H2,1-4H3,(H2,16,17,18). The molecular weight excluding hydrogens is 300 g/mol. The number of aromatic nitrogens is 1. The van der Waals surface area contributed by atoms with Crippen molar-refractivity contribution in [3.63, 3.8) is 0 Å². The Labute approximate surface area is 134 Å². The average molecular weight is 323 g/mol. The maximum Gasteiger partial charge on any atom is 0.191 e. The Morgan fingerprint density at radius 3 is 2.57 bits per heavy atom. The Kier molecular flexibility index (Phi) is 5.76. The summed E-state index contributed by atoms with van der Waals surface area (Å²) in [4.78, 5) is 13.0. The average Bonchev–Trinajstić information content (AvgIpc) is 2.99. The summed E-state index contributed by atoms with van der Waals surface area (Å²) in [6.07, 6.45) is 0. The van der Waals surface area contributed by atoms with Crippen LogP contribution in [0.4, 0.5) is 0 Å². The minimum Gasteiger partial charge on any atom is -0.357 e. The Balaban J connectivity index is 1.96. The number of guanidine groups is 1. The first-order valence-electron chi connectivity index (χ1n) is 7.09. The number of nitrogens with one attached hydrogen (secondary N) is 2. The third-order valence-electron chi connectivity index (χ3n) is 2.95. The van der Waals surface area contributed by atoms with Crippen molar-refractivity contribution < 1.29 is 0 Å². The first kappa shape index (κ1) is 16.0. The van der Waals surface area contributed by atoms with Crippen LogP contribution in [-0.4, -0.2) is 17.5 Å². The predicted octanol–water partition coefficient (Wildman–Crippen LogP) is 3.39. The number of nitrogens with zero attached hydrogens (tertiary/aromatic N) is 2. The van der Waals surface area contributed by atoms with E-state index < -0.39 is 0 Å². The molecule has 6 heteroatoms. The van der Waals surface area contributed by atoms with Crippen LogP contribution < -0.4 is 10.6 Å². The van der Waals surface area contributed by atoms with Crippen molar-refractivity contribution in [2.24, 2.45) is 4.99 Å². The van der Waals surface area contributed by atoms with Crippen molar-refractivity contribution in [2.45, 2.75) is 40.8 Å². The molecule has 2 heterocycles. The fourth-order valence-electron chi connectivity index (χ4n) is 1.97. The van der Waals surface area contributed by atoms with Crippen LogP contribution in [0, 0.1) is 20.8 Å². The molecule has 2 N–H and O–H groups in total. The number of thiazole rings is 1. The van der Waals surface area contributed by atoms with Gasteiger partial charge in [0.2, 0.25) is 0 Å². The summed E-state index contributed by atoms with van der Waals surface area (Å²) in [7, 11) is 0. The van der Waals surface area contributed by atoms with Gasteiger partial charge in [-0.05, 0) is 39.8 Å². The van der Waals surface area contributed by atoms with Gasteiger partial charge in [0, 0.05) is 21.2 Å². The van der Waals surface area contributed by atoms with Crippen LogP contribution in [0.25, 0.3) is 0 Å². The lowest BCUT2D eigenvalue weighted by Gasteiger charge is -2.10. The maximum atomic E-state index is 4.64. The van der Waals surface area contributed by atoms with Gasteiger partial charge in [-0.1, -0.05) is 0 Å². The molecule has 0 aromatic carbocycles. The maximum absolute atomic E-state index is 4.64. The third kappa shape index (κ3) is 4.82. The van der Waals surface area contributed by atoms with Crippen LogP contribution in [0.3, 0.4) is 0 Å². The van der Waals surface area contributed by atoms with Crippen molar-refractivity contribution in [3.8, 4) is 0 Å². The van der Waals surface area contributed by atoms with Crippen LogP contribution in [-0.2, 0) is 13.1 Å². The second-order valence-corrected chi connectivity index (χ2v) is 7.46. The summed E-state index contributed by atoms with van der Waals surface area (Å²) in [6, 6.07) is 4.28. The lowest BCUT2D eigenvalue weighted by atomic mass is 10.4. The number of hydrogen-bond acceptors (Lipinski definition) is 4. The van der Waals surface area contributed by atoms with E-state index in [0.29, 0.717) is 6.54 Å². The van der Waals surface area contributed by atoms with E-state index in [9.17, 15) is 0 Å². The Bertz CT molecular complexity index is 613. The molecule has 0 aliphatic carbocycles. The zero-order valence-corrected chi connectivity index (χ0v) is 14.6. The van der Waals surface area contributed by atoms with Crippen molar-refractivity contribution in [2.75, 3.05) is 6.54 Å². The van der Waals surface area contributed by atoms with Gasteiger partial charge in [-0.15, -0.1) is 22.7 Å². The van der Waals surface area contributed by atoms with Crippen LogP contribution in [0.1, 0.15) is 32.3 Å². The molecule has 0 aliphatic heterocycles. The van der Waals surface area contributed by atoms with Gasteiger partial charge in [-0.3, -0.25) is 0 Å². The molecule has 2 aromatic heterocycles. The Morgan fingerprint density at radius 2 is 2.00 bits per heavy atom. The molecule has 4 nitrogen and oxygen atoms in total. The predicted molar refractivity (Wildman–Crippen MR) is 92.3 cm³/mol. The first-order chi connectivity index (χ1) is 10.1. The number of rotatable bonds is 5. The van der Waals surface area contributed by atoms with Gasteiger partial charge >= 0.3 is 0 Å². The third-order valence-corrected chi connectivity index (χ3v) is 5.01.